The van der Waals surface area contributed by atoms with Crippen molar-refractivity contribution < 1.29 is 0 Å². The first-order valence-electron chi connectivity index (χ1n) is 4.74. The van der Waals surface area contributed by atoms with Crippen molar-refractivity contribution in [2.45, 2.75) is 50.3 Å². The molecule has 0 aromatic rings. The number of rotatable bonds is 3. The average molecular weight is 229 g/mol. The maximum atomic E-state index is 5.22. The van der Waals surface area contributed by atoms with Gasteiger partial charge in [-0.05, 0) is 37.5 Å². The summed E-state index contributed by atoms with van der Waals surface area (Å²) in [6, 6.07) is 0. The number of terminal acetylenes is 1. The largest absolute Gasteiger partial charge is 0.120 e. The van der Waals surface area contributed by atoms with Gasteiger partial charge in [0.2, 0.25) is 0 Å². The molecule has 12 heavy (non-hydrogen) atoms. The highest BCUT2D eigenvalue weighted by Crippen LogP contribution is 2.44. The lowest BCUT2D eigenvalue weighted by Gasteiger charge is -2.22. The lowest BCUT2D eigenvalue weighted by Crippen LogP contribution is -2.11. The van der Waals surface area contributed by atoms with Crippen LogP contribution in [0, 0.1) is 17.8 Å². The molecule has 2 unspecified atom stereocenters. The maximum absolute atomic E-state index is 5.22. The zero-order valence-electron chi connectivity index (χ0n) is 7.78. The minimum Gasteiger partial charge on any atom is -0.120 e. The topological polar surface area (TPSA) is 0 Å². The Bertz CT molecular complexity index is 180. The molecule has 0 aromatic heterocycles. The summed E-state index contributed by atoms with van der Waals surface area (Å²) in [5.74, 6) is 2.71. The third-order valence-electron chi connectivity index (χ3n) is 2.88. The summed E-state index contributed by atoms with van der Waals surface area (Å²) in [6.45, 7) is 2.39. The molecular formula is C11H17Br. The van der Waals surface area contributed by atoms with E-state index in [0.717, 1.165) is 11.2 Å². The number of halogens is 1. The van der Waals surface area contributed by atoms with Gasteiger partial charge >= 0.3 is 0 Å². The van der Waals surface area contributed by atoms with Crippen molar-refractivity contribution in [1.29, 1.82) is 0 Å². The van der Waals surface area contributed by atoms with E-state index < -0.39 is 0 Å². The first kappa shape index (κ1) is 10.1. The van der Waals surface area contributed by atoms with E-state index in [9.17, 15) is 0 Å². The van der Waals surface area contributed by atoms with Crippen molar-refractivity contribution in [3.8, 4) is 12.3 Å². The molecule has 0 saturated heterocycles. The normalized spacial score (nSPS) is 34.9. The van der Waals surface area contributed by atoms with Gasteiger partial charge in [-0.3, -0.25) is 0 Å². The SMILES string of the molecule is C#CCCCC1(C)CCC(Br)C1. The van der Waals surface area contributed by atoms with Gasteiger partial charge in [0.15, 0.2) is 0 Å². The highest BCUT2D eigenvalue weighted by atomic mass is 79.9. The molecule has 0 spiro atoms. The Labute approximate surface area is 84.2 Å². The summed E-state index contributed by atoms with van der Waals surface area (Å²) >= 11 is 3.68. The average Bonchev–Trinajstić information content (AvgIpc) is 2.32. The molecule has 0 aliphatic heterocycles. The first-order valence-corrected chi connectivity index (χ1v) is 5.65. The van der Waals surface area contributed by atoms with Crippen molar-refractivity contribution in [2.24, 2.45) is 5.41 Å². The summed E-state index contributed by atoms with van der Waals surface area (Å²) in [5.41, 5.74) is 0.574. The van der Waals surface area contributed by atoms with Crippen molar-refractivity contribution >= 4 is 15.9 Å². The number of hydrogen-bond donors (Lipinski definition) is 0. The van der Waals surface area contributed by atoms with Gasteiger partial charge in [-0.2, -0.15) is 0 Å². The zero-order chi connectivity index (χ0) is 9.03. The van der Waals surface area contributed by atoms with E-state index in [-0.39, 0.29) is 0 Å². The van der Waals surface area contributed by atoms with Crippen LogP contribution >= 0.6 is 15.9 Å². The van der Waals surface area contributed by atoms with Crippen LogP contribution in [0.1, 0.15) is 45.4 Å². The van der Waals surface area contributed by atoms with E-state index >= 15 is 0 Å². The summed E-state index contributed by atoms with van der Waals surface area (Å²) in [4.78, 5) is 0.758. The van der Waals surface area contributed by atoms with Gasteiger partial charge in [0.25, 0.3) is 0 Å². The number of hydrogen-bond acceptors (Lipinski definition) is 0. The highest BCUT2D eigenvalue weighted by molar-refractivity contribution is 9.09. The van der Waals surface area contributed by atoms with Gasteiger partial charge in [-0.25, -0.2) is 0 Å². The van der Waals surface area contributed by atoms with E-state index in [4.69, 9.17) is 6.42 Å². The molecule has 0 bridgehead atoms. The monoisotopic (exact) mass is 228 g/mol. The minimum atomic E-state index is 0.574. The third kappa shape index (κ3) is 2.83. The van der Waals surface area contributed by atoms with E-state index in [1.165, 1.54) is 32.1 Å². The van der Waals surface area contributed by atoms with E-state index in [2.05, 4.69) is 28.8 Å². The van der Waals surface area contributed by atoms with Gasteiger partial charge < -0.3 is 0 Å². The van der Waals surface area contributed by atoms with Crippen LogP contribution in [-0.2, 0) is 0 Å². The Hall–Kier alpha value is 0.0400. The second-order valence-electron chi connectivity index (χ2n) is 4.21. The van der Waals surface area contributed by atoms with Gasteiger partial charge in [0, 0.05) is 11.2 Å². The lowest BCUT2D eigenvalue weighted by atomic mass is 9.83. The highest BCUT2D eigenvalue weighted by Gasteiger charge is 2.32. The predicted molar refractivity (Wildman–Crippen MR) is 57.4 cm³/mol. The Morgan fingerprint density at radius 3 is 2.92 bits per heavy atom. The predicted octanol–water partition coefficient (Wildman–Crippen LogP) is 3.74. The summed E-state index contributed by atoms with van der Waals surface area (Å²) in [5, 5.41) is 0. The molecule has 2 atom stereocenters. The molecule has 68 valence electrons. The van der Waals surface area contributed by atoms with Crippen LogP contribution in [0.25, 0.3) is 0 Å². The number of unbranched alkanes of at least 4 members (excludes halogenated alkanes) is 1. The van der Waals surface area contributed by atoms with Gasteiger partial charge in [-0.15, -0.1) is 12.3 Å². The molecule has 1 heteroatoms. The summed E-state index contributed by atoms with van der Waals surface area (Å²) in [7, 11) is 0. The fourth-order valence-electron chi connectivity index (χ4n) is 2.09. The second-order valence-corrected chi connectivity index (χ2v) is 5.50. The van der Waals surface area contributed by atoms with Crippen molar-refractivity contribution in [3.05, 3.63) is 0 Å². The molecular weight excluding hydrogens is 212 g/mol. The van der Waals surface area contributed by atoms with E-state index in [0.29, 0.717) is 5.41 Å². The van der Waals surface area contributed by atoms with Crippen LogP contribution < -0.4 is 0 Å². The van der Waals surface area contributed by atoms with Crippen LogP contribution in [-0.4, -0.2) is 4.83 Å². The molecule has 0 amide bonds. The minimum absolute atomic E-state index is 0.574. The lowest BCUT2D eigenvalue weighted by molar-refractivity contribution is 0.302. The quantitative estimate of drug-likeness (QED) is 0.393. The van der Waals surface area contributed by atoms with Crippen molar-refractivity contribution in [1.82, 2.24) is 0 Å². The molecule has 1 fully saturated rings. The van der Waals surface area contributed by atoms with Crippen LogP contribution in [0.4, 0.5) is 0 Å². The van der Waals surface area contributed by atoms with Crippen LogP contribution in [0.5, 0.6) is 0 Å². The van der Waals surface area contributed by atoms with Crippen molar-refractivity contribution in [3.63, 3.8) is 0 Å². The molecule has 1 aliphatic rings. The smallest absolute Gasteiger partial charge is 0.0151 e. The maximum Gasteiger partial charge on any atom is 0.0151 e. The molecule has 1 rings (SSSR count). The molecule has 0 nitrogen and oxygen atoms in total. The Balaban J connectivity index is 2.26. The fraction of sp³-hybridized carbons (Fsp3) is 0.818. The standard InChI is InChI=1S/C11H17Br/c1-3-4-5-7-11(2)8-6-10(12)9-11/h1,10H,4-9H2,2H3. The first-order chi connectivity index (χ1) is 5.66. The van der Waals surface area contributed by atoms with Crippen LogP contribution in [0.2, 0.25) is 0 Å². The van der Waals surface area contributed by atoms with Crippen molar-refractivity contribution in [2.75, 3.05) is 0 Å². The van der Waals surface area contributed by atoms with Crippen LogP contribution in [0.3, 0.4) is 0 Å². The van der Waals surface area contributed by atoms with Gasteiger partial charge in [-0.1, -0.05) is 22.9 Å². The fourth-order valence-corrected chi connectivity index (χ4v) is 3.10. The summed E-state index contributed by atoms with van der Waals surface area (Å²) < 4.78 is 0. The number of alkyl halides is 1. The molecule has 0 aromatic carbocycles. The molecule has 0 N–H and O–H groups in total. The van der Waals surface area contributed by atoms with E-state index in [1.807, 2.05) is 0 Å². The van der Waals surface area contributed by atoms with E-state index in [1.54, 1.807) is 0 Å². The second kappa shape index (κ2) is 4.33. The van der Waals surface area contributed by atoms with Crippen LogP contribution in [0.15, 0.2) is 0 Å². The van der Waals surface area contributed by atoms with Gasteiger partial charge in [0.05, 0.1) is 0 Å². The Morgan fingerprint density at radius 2 is 2.42 bits per heavy atom. The van der Waals surface area contributed by atoms with Gasteiger partial charge in [0.1, 0.15) is 0 Å². The third-order valence-corrected chi connectivity index (χ3v) is 3.66. The molecule has 0 radical (unpaired) electrons. The Kier molecular flexibility index (Phi) is 3.65. The molecule has 1 aliphatic carbocycles. The molecule has 0 heterocycles. The summed E-state index contributed by atoms with van der Waals surface area (Å²) in [6.07, 6.45) is 12.7. The zero-order valence-corrected chi connectivity index (χ0v) is 9.36. The molecule has 1 saturated carbocycles. The Morgan fingerprint density at radius 1 is 1.67 bits per heavy atom.